The average molecular weight is 363 g/mol. The number of methoxy groups -OCH3 is 1. The van der Waals surface area contributed by atoms with E-state index < -0.39 is 4.92 Å². The van der Waals surface area contributed by atoms with Gasteiger partial charge in [-0.1, -0.05) is 24.3 Å². The minimum Gasteiger partial charge on any atom is -0.497 e. The van der Waals surface area contributed by atoms with Crippen LogP contribution in [0, 0.1) is 21.4 Å². The highest BCUT2D eigenvalue weighted by Crippen LogP contribution is 2.29. The normalized spacial score (nSPS) is 11.0. The molecule has 3 rings (SSSR count). The van der Waals surface area contributed by atoms with Gasteiger partial charge in [0.1, 0.15) is 16.8 Å². The van der Waals surface area contributed by atoms with Crippen LogP contribution in [0.25, 0.3) is 22.9 Å². The monoisotopic (exact) mass is 363 g/mol. The maximum atomic E-state index is 10.9. The lowest BCUT2D eigenvalue weighted by molar-refractivity contribution is -0.384. The van der Waals surface area contributed by atoms with Gasteiger partial charge in [-0.3, -0.25) is 10.1 Å². The van der Waals surface area contributed by atoms with E-state index in [-0.39, 0.29) is 5.69 Å². The minimum absolute atomic E-state index is 0.00415. The first-order valence-corrected chi connectivity index (χ1v) is 8.45. The fraction of sp³-hybridized carbons (Fsp3) is 0.0526. The van der Waals surface area contributed by atoms with Gasteiger partial charge in [0.25, 0.3) is 5.69 Å². The maximum Gasteiger partial charge on any atom is 0.270 e. The molecule has 0 aliphatic rings. The Labute approximate surface area is 153 Å². The summed E-state index contributed by atoms with van der Waals surface area (Å²) in [4.78, 5) is 14.9. The molecule has 0 aliphatic heterocycles. The van der Waals surface area contributed by atoms with Crippen molar-refractivity contribution >= 4 is 28.7 Å². The summed E-state index contributed by atoms with van der Waals surface area (Å²) in [6.45, 7) is 0. The highest BCUT2D eigenvalue weighted by Gasteiger charge is 2.12. The number of nitriles is 1. The number of hydrogen-bond donors (Lipinski definition) is 0. The van der Waals surface area contributed by atoms with Crippen LogP contribution in [0.2, 0.25) is 0 Å². The Kier molecular flexibility index (Phi) is 5.06. The first-order valence-electron chi connectivity index (χ1n) is 7.57. The smallest absolute Gasteiger partial charge is 0.270 e. The molecule has 1 aromatic heterocycles. The summed E-state index contributed by atoms with van der Waals surface area (Å²) in [5.41, 5.74) is 2.48. The molecular formula is C19H13N3O3S. The van der Waals surface area contributed by atoms with Gasteiger partial charge in [-0.05, 0) is 23.8 Å². The second-order valence-electron chi connectivity index (χ2n) is 5.29. The molecule has 0 aliphatic carbocycles. The molecule has 6 nitrogen and oxygen atoms in total. The van der Waals surface area contributed by atoms with E-state index in [9.17, 15) is 15.4 Å². The van der Waals surface area contributed by atoms with Gasteiger partial charge in [0.05, 0.1) is 23.3 Å². The zero-order chi connectivity index (χ0) is 18.5. The number of ether oxygens (including phenoxy) is 1. The number of thiazole rings is 1. The number of allylic oxidation sites excluding steroid dienone is 1. The van der Waals surface area contributed by atoms with Crippen LogP contribution in [0.1, 0.15) is 10.6 Å². The van der Waals surface area contributed by atoms with Crippen LogP contribution >= 0.6 is 11.3 Å². The molecule has 0 radical (unpaired) electrons. The van der Waals surface area contributed by atoms with E-state index in [4.69, 9.17) is 4.74 Å². The van der Waals surface area contributed by atoms with Crippen LogP contribution in [-0.4, -0.2) is 17.0 Å². The van der Waals surface area contributed by atoms with Crippen molar-refractivity contribution in [2.24, 2.45) is 0 Å². The van der Waals surface area contributed by atoms with Gasteiger partial charge in [0.2, 0.25) is 0 Å². The van der Waals surface area contributed by atoms with Crippen molar-refractivity contribution in [2.45, 2.75) is 0 Å². The molecule has 0 amide bonds. The van der Waals surface area contributed by atoms with Crippen molar-refractivity contribution in [3.05, 3.63) is 74.6 Å². The largest absolute Gasteiger partial charge is 0.497 e. The summed E-state index contributed by atoms with van der Waals surface area (Å²) in [6.07, 6.45) is 1.73. The third-order valence-corrected chi connectivity index (χ3v) is 4.49. The first-order chi connectivity index (χ1) is 12.6. The second-order valence-corrected chi connectivity index (χ2v) is 6.15. The van der Waals surface area contributed by atoms with Gasteiger partial charge in [0.15, 0.2) is 0 Å². The lowest BCUT2D eigenvalue weighted by Gasteiger charge is -2.01. The number of nitro benzene ring substituents is 1. The number of hydrogen-bond acceptors (Lipinski definition) is 6. The van der Waals surface area contributed by atoms with E-state index in [0.29, 0.717) is 27.6 Å². The van der Waals surface area contributed by atoms with Gasteiger partial charge in [-0.2, -0.15) is 5.26 Å². The van der Waals surface area contributed by atoms with E-state index >= 15 is 0 Å². The molecular weight excluding hydrogens is 350 g/mol. The Balaban J connectivity index is 1.94. The molecule has 26 heavy (non-hydrogen) atoms. The van der Waals surface area contributed by atoms with Crippen LogP contribution in [0.3, 0.4) is 0 Å². The highest BCUT2D eigenvalue weighted by molar-refractivity contribution is 7.11. The summed E-state index contributed by atoms with van der Waals surface area (Å²) >= 11 is 1.32. The van der Waals surface area contributed by atoms with E-state index in [1.54, 1.807) is 30.7 Å². The number of aromatic nitrogens is 1. The Bertz CT molecular complexity index is 1030. The maximum absolute atomic E-state index is 10.9. The molecule has 0 saturated carbocycles. The van der Waals surface area contributed by atoms with E-state index in [0.717, 1.165) is 5.56 Å². The van der Waals surface area contributed by atoms with Crippen molar-refractivity contribution in [1.82, 2.24) is 4.98 Å². The molecule has 128 valence electrons. The topological polar surface area (TPSA) is 89.0 Å². The standard InChI is InChI=1S/C19H13N3O3S/c1-25-17-7-2-4-13(9-17)8-15(11-20)19-21-18(12-26-19)14-5-3-6-16(10-14)22(23)24/h2-10,12H,1H3. The third kappa shape index (κ3) is 3.77. The van der Waals surface area contributed by atoms with Crippen molar-refractivity contribution in [2.75, 3.05) is 7.11 Å². The van der Waals surface area contributed by atoms with E-state index in [2.05, 4.69) is 11.1 Å². The second kappa shape index (κ2) is 7.59. The van der Waals surface area contributed by atoms with Gasteiger partial charge in [-0.15, -0.1) is 11.3 Å². The van der Waals surface area contributed by atoms with Crippen LogP contribution in [-0.2, 0) is 0 Å². The summed E-state index contributed by atoms with van der Waals surface area (Å²) in [5, 5.41) is 22.8. The summed E-state index contributed by atoms with van der Waals surface area (Å²) in [6, 6.07) is 15.8. The number of nitrogens with zero attached hydrogens (tertiary/aromatic N) is 3. The summed E-state index contributed by atoms with van der Waals surface area (Å²) < 4.78 is 5.19. The van der Waals surface area contributed by atoms with Gasteiger partial charge in [0, 0.05) is 23.1 Å². The van der Waals surface area contributed by atoms with Crippen molar-refractivity contribution in [3.63, 3.8) is 0 Å². The van der Waals surface area contributed by atoms with Gasteiger partial charge in [-0.25, -0.2) is 4.98 Å². The number of nitro groups is 1. The third-order valence-electron chi connectivity index (χ3n) is 3.61. The molecule has 0 unspecified atom stereocenters. The predicted octanol–water partition coefficient (Wildman–Crippen LogP) is 4.79. The lowest BCUT2D eigenvalue weighted by atomic mass is 10.1. The zero-order valence-electron chi connectivity index (χ0n) is 13.7. The van der Waals surface area contributed by atoms with Crippen LogP contribution in [0.4, 0.5) is 5.69 Å². The number of benzene rings is 2. The molecule has 1 heterocycles. The summed E-state index contributed by atoms with van der Waals surface area (Å²) in [5.74, 6) is 0.701. The molecule has 0 atom stereocenters. The predicted molar refractivity (Wildman–Crippen MR) is 101 cm³/mol. The molecule has 0 fully saturated rings. The van der Waals surface area contributed by atoms with Crippen LogP contribution in [0.5, 0.6) is 5.75 Å². The Hall–Kier alpha value is -3.50. The fourth-order valence-electron chi connectivity index (χ4n) is 2.35. The van der Waals surface area contributed by atoms with Crippen molar-refractivity contribution in [1.29, 1.82) is 5.26 Å². The summed E-state index contributed by atoms with van der Waals surface area (Å²) in [7, 11) is 1.58. The molecule has 2 aromatic carbocycles. The first kappa shape index (κ1) is 17.3. The molecule has 0 N–H and O–H groups in total. The van der Waals surface area contributed by atoms with E-state index in [1.807, 2.05) is 24.3 Å². The molecule has 3 aromatic rings. The Morgan fingerprint density at radius 2 is 2.12 bits per heavy atom. The van der Waals surface area contributed by atoms with Crippen LogP contribution in [0.15, 0.2) is 53.9 Å². The van der Waals surface area contributed by atoms with Gasteiger partial charge >= 0.3 is 0 Å². The SMILES string of the molecule is COc1cccc(C=C(C#N)c2nc(-c3cccc([N+](=O)[O-])c3)cs2)c1. The highest BCUT2D eigenvalue weighted by atomic mass is 32.1. The van der Waals surface area contributed by atoms with Gasteiger partial charge < -0.3 is 4.74 Å². The average Bonchev–Trinajstić information content (AvgIpc) is 3.16. The quantitative estimate of drug-likeness (QED) is 0.369. The number of rotatable bonds is 5. The minimum atomic E-state index is -0.444. The van der Waals surface area contributed by atoms with Crippen LogP contribution < -0.4 is 4.74 Å². The fourth-order valence-corrected chi connectivity index (χ4v) is 3.14. The molecule has 0 bridgehead atoms. The number of non-ortho nitro benzene ring substituents is 1. The molecule has 0 saturated heterocycles. The molecule has 0 spiro atoms. The lowest BCUT2D eigenvalue weighted by Crippen LogP contribution is -1.88. The van der Waals surface area contributed by atoms with E-state index in [1.165, 1.54) is 23.5 Å². The zero-order valence-corrected chi connectivity index (χ0v) is 14.6. The Morgan fingerprint density at radius 3 is 2.85 bits per heavy atom. The van der Waals surface area contributed by atoms with Crippen molar-refractivity contribution in [3.8, 4) is 23.1 Å². The van der Waals surface area contributed by atoms with Crippen molar-refractivity contribution < 1.29 is 9.66 Å². The Morgan fingerprint density at radius 1 is 1.31 bits per heavy atom. The molecule has 7 heteroatoms.